The number of nitrogens with one attached hydrogen (secondary N) is 2. The molecule has 1 aliphatic carbocycles. The number of H-pyrrole nitrogens is 1. The number of aromatic nitrogens is 2. The Morgan fingerprint density at radius 3 is 2.46 bits per heavy atom. The summed E-state index contributed by atoms with van der Waals surface area (Å²) in [4.78, 5) is 23.3. The lowest BCUT2D eigenvalue weighted by Gasteiger charge is -2.26. The van der Waals surface area contributed by atoms with E-state index in [0.29, 0.717) is 31.4 Å². The van der Waals surface area contributed by atoms with Gasteiger partial charge in [0.2, 0.25) is 0 Å². The average molecular weight is 327 g/mol. The van der Waals surface area contributed by atoms with Gasteiger partial charge in [-0.25, -0.2) is 0 Å². The monoisotopic (exact) mass is 327 g/mol. The molecule has 1 fully saturated rings. The molecule has 0 unspecified atom stereocenters. The minimum atomic E-state index is -0.740. The van der Waals surface area contributed by atoms with Crippen LogP contribution in [0.1, 0.15) is 41.7 Å². The van der Waals surface area contributed by atoms with Gasteiger partial charge in [-0.05, 0) is 38.7 Å². The smallest absolute Gasteiger partial charge is 0.306 e. The maximum Gasteiger partial charge on any atom is 0.306 e. The fraction of sp³-hybridized carbons (Fsp3) is 0.389. The predicted molar refractivity (Wildman–Crippen MR) is 89.6 cm³/mol. The SMILES string of the molecule is Cc1ccc(-c2cc(C(=O)NC3CCC(C(=O)O)CC3)[nH]n2)cc1. The molecule has 3 N–H and O–H groups in total. The number of carboxylic acid groups (broad SMARTS) is 1. The second-order valence-corrected chi connectivity index (χ2v) is 6.39. The van der Waals surface area contributed by atoms with Crippen molar-refractivity contribution in [2.45, 2.75) is 38.6 Å². The highest BCUT2D eigenvalue weighted by Gasteiger charge is 2.27. The number of benzene rings is 1. The zero-order chi connectivity index (χ0) is 17.1. The largest absolute Gasteiger partial charge is 0.481 e. The Bertz CT molecular complexity index is 728. The molecule has 1 heterocycles. The molecule has 0 aliphatic heterocycles. The topological polar surface area (TPSA) is 95.1 Å². The third-order valence-electron chi connectivity index (χ3n) is 4.58. The minimum absolute atomic E-state index is 0.0271. The number of rotatable bonds is 4. The van der Waals surface area contributed by atoms with E-state index in [2.05, 4.69) is 15.5 Å². The van der Waals surface area contributed by atoms with Crippen LogP contribution in [0.5, 0.6) is 0 Å². The van der Waals surface area contributed by atoms with Crippen molar-refractivity contribution in [1.82, 2.24) is 15.5 Å². The number of aryl methyl sites for hydroxylation is 1. The van der Waals surface area contributed by atoms with E-state index in [4.69, 9.17) is 5.11 Å². The first kappa shape index (κ1) is 16.2. The highest BCUT2D eigenvalue weighted by atomic mass is 16.4. The molecule has 1 aliphatic rings. The van der Waals surface area contributed by atoms with Crippen LogP contribution in [0.15, 0.2) is 30.3 Å². The van der Waals surface area contributed by atoms with Gasteiger partial charge in [0.15, 0.2) is 0 Å². The normalized spacial score (nSPS) is 20.5. The van der Waals surface area contributed by atoms with Crippen molar-refractivity contribution in [3.05, 3.63) is 41.6 Å². The van der Waals surface area contributed by atoms with E-state index >= 15 is 0 Å². The standard InChI is InChI=1S/C18H21N3O3/c1-11-2-4-12(5-3-11)15-10-16(21-20-15)17(22)19-14-8-6-13(7-9-14)18(23)24/h2-5,10,13-14H,6-9H2,1H3,(H,19,22)(H,20,21)(H,23,24). The molecular weight excluding hydrogens is 306 g/mol. The molecule has 0 atom stereocenters. The average Bonchev–Trinajstić information content (AvgIpc) is 3.06. The van der Waals surface area contributed by atoms with Gasteiger partial charge in [0.1, 0.15) is 5.69 Å². The molecule has 6 heteroatoms. The zero-order valence-electron chi connectivity index (χ0n) is 13.6. The van der Waals surface area contributed by atoms with Crippen LogP contribution < -0.4 is 5.32 Å². The van der Waals surface area contributed by atoms with Gasteiger partial charge in [-0.3, -0.25) is 14.7 Å². The second kappa shape index (κ2) is 6.86. The van der Waals surface area contributed by atoms with Crippen molar-refractivity contribution in [1.29, 1.82) is 0 Å². The highest BCUT2D eigenvalue weighted by molar-refractivity contribution is 5.93. The molecule has 1 amide bonds. The molecule has 126 valence electrons. The molecule has 24 heavy (non-hydrogen) atoms. The quantitative estimate of drug-likeness (QED) is 0.804. The van der Waals surface area contributed by atoms with Crippen LogP contribution in [0.25, 0.3) is 11.3 Å². The van der Waals surface area contributed by atoms with E-state index in [9.17, 15) is 9.59 Å². The molecule has 1 aromatic heterocycles. The molecule has 2 aromatic rings. The number of carbonyl (C=O) groups is 2. The number of nitrogens with zero attached hydrogens (tertiary/aromatic N) is 1. The number of amides is 1. The Morgan fingerprint density at radius 2 is 1.83 bits per heavy atom. The molecular formula is C18H21N3O3. The van der Waals surface area contributed by atoms with Crippen LogP contribution in [0, 0.1) is 12.8 Å². The Labute approximate surface area is 140 Å². The van der Waals surface area contributed by atoms with Crippen LogP contribution in [0.4, 0.5) is 0 Å². The van der Waals surface area contributed by atoms with Crippen LogP contribution in [0.3, 0.4) is 0 Å². The van der Waals surface area contributed by atoms with Crippen molar-refractivity contribution < 1.29 is 14.7 Å². The third kappa shape index (κ3) is 3.64. The molecule has 6 nitrogen and oxygen atoms in total. The van der Waals surface area contributed by atoms with Gasteiger partial charge < -0.3 is 10.4 Å². The predicted octanol–water partition coefficient (Wildman–Crippen LogP) is 2.76. The van der Waals surface area contributed by atoms with Crippen molar-refractivity contribution >= 4 is 11.9 Å². The van der Waals surface area contributed by atoms with Crippen LogP contribution in [-0.4, -0.2) is 33.2 Å². The number of hydrogen-bond acceptors (Lipinski definition) is 3. The van der Waals surface area contributed by atoms with Gasteiger partial charge in [-0.2, -0.15) is 5.10 Å². The number of hydrogen-bond donors (Lipinski definition) is 3. The van der Waals surface area contributed by atoms with Gasteiger partial charge in [0.25, 0.3) is 5.91 Å². The molecule has 1 saturated carbocycles. The summed E-state index contributed by atoms with van der Waals surface area (Å²) in [6.07, 6.45) is 2.61. The van der Waals surface area contributed by atoms with E-state index in [1.807, 2.05) is 31.2 Å². The number of carboxylic acids is 1. The maximum absolute atomic E-state index is 12.3. The van der Waals surface area contributed by atoms with Crippen LogP contribution >= 0.6 is 0 Å². The minimum Gasteiger partial charge on any atom is -0.481 e. The summed E-state index contributed by atoms with van der Waals surface area (Å²) in [7, 11) is 0. The molecule has 0 spiro atoms. The van der Waals surface area contributed by atoms with Crippen LogP contribution in [-0.2, 0) is 4.79 Å². The van der Waals surface area contributed by atoms with Gasteiger partial charge >= 0.3 is 5.97 Å². The summed E-state index contributed by atoms with van der Waals surface area (Å²) >= 11 is 0. The zero-order valence-corrected chi connectivity index (χ0v) is 13.6. The number of aliphatic carboxylic acids is 1. The van der Waals surface area contributed by atoms with Crippen molar-refractivity contribution in [2.75, 3.05) is 0 Å². The van der Waals surface area contributed by atoms with Gasteiger partial charge in [0, 0.05) is 11.6 Å². The number of aromatic amines is 1. The summed E-state index contributed by atoms with van der Waals surface area (Å²) in [5.74, 6) is -1.21. The summed E-state index contributed by atoms with van der Waals surface area (Å²) in [5.41, 5.74) is 3.28. The Morgan fingerprint density at radius 1 is 1.17 bits per heavy atom. The van der Waals surface area contributed by atoms with Crippen LogP contribution in [0.2, 0.25) is 0 Å². The summed E-state index contributed by atoms with van der Waals surface area (Å²) < 4.78 is 0. The molecule has 0 saturated heterocycles. The number of carbonyl (C=O) groups excluding carboxylic acids is 1. The fourth-order valence-corrected chi connectivity index (χ4v) is 3.06. The van der Waals surface area contributed by atoms with E-state index in [1.165, 1.54) is 5.56 Å². The van der Waals surface area contributed by atoms with Crippen molar-refractivity contribution in [3.8, 4) is 11.3 Å². The van der Waals surface area contributed by atoms with Gasteiger partial charge in [0.05, 0.1) is 11.6 Å². The molecule has 1 aromatic carbocycles. The van der Waals surface area contributed by atoms with E-state index in [-0.39, 0.29) is 17.9 Å². The first-order valence-electron chi connectivity index (χ1n) is 8.19. The van der Waals surface area contributed by atoms with Crippen molar-refractivity contribution in [2.24, 2.45) is 5.92 Å². The lowest BCUT2D eigenvalue weighted by Crippen LogP contribution is -2.38. The van der Waals surface area contributed by atoms with Crippen molar-refractivity contribution in [3.63, 3.8) is 0 Å². The Hall–Kier alpha value is -2.63. The van der Waals surface area contributed by atoms with E-state index in [0.717, 1.165) is 11.3 Å². The second-order valence-electron chi connectivity index (χ2n) is 6.39. The lowest BCUT2D eigenvalue weighted by atomic mass is 9.86. The van der Waals surface area contributed by atoms with E-state index < -0.39 is 5.97 Å². The first-order chi connectivity index (χ1) is 11.5. The maximum atomic E-state index is 12.3. The van der Waals surface area contributed by atoms with Gasteiger partial charge in [-0.1, -0.05) is 29.8 Å². The summed E-state index contributed by atoms with van der Waals surface area (Å²) in [6, 6.07) is 9.72. The molecule has 0 bridgehead atoms. The van der Waals surface area contributed by atoms with E-state index in [1.54, 1.807) is 6.07 Å². The summed E-state index contributed by atoms with van der Waals surface area (Å²) in [6.45, 7) is 2.02. The summed E-state index contributed by atoms with van der Waals surface area (Å²) in [5, 5.41) is 19.0. The third-order valence-corrected chi connectivity index (χ3v) is 4.58. The molecule has 3 rings (SSSR count). The first-order valence-corrected chi connectivity index (χ1v) is 8.19. The Kier molecular flexibility index (Phi) is 4.64. The highest BCUT2D eigenvalue weighted by Crippen LogP contribution is 2.25. The fourth-order valence-electron chi connectivity index (χ4n) is 3.06. The lowest BCUT2D eigenvalue weighted by molar-refractivity contribution is -0.142. The van der Waals surface area contributed by atoms with Gasteiger partial charge in [-0.15, -0.1) is 0 Å². The molecule has 0 radical (unpaired) electrons. The Balaban J connectivity index is 1.60.